The number of anilines is 1. The van der Waals surface area contributed by atoms with Crippen LogP contribution in [0.3, 0.4) is 0 Å². The van der Waals surface area contributed by atoms with Gasteiger partial charge in [0.15, 0.2) is 11.0 Å². The van der Waals surface area contributed by atoms with Crippen LogP contribution in [0.2, 0.25) is 0 Å². The molecule has 3 aromatic rings. The SMILES string of the molecule is CCc1ccccc1NC(=O)CSc1nnc(CNC(=O)c2cccc([N+](=O)[O-])c2)n1C. The molecule has 0 aliphatic carbocycles. The Morgan fingerprint density at radius 2 is 1.94 bits per heavy atom. The Morgan fingerprint density at radius 1 is 1.16 bits per heavy atom. The highest BCUT2D eigenvalue weighted by molar-refractivity contribution is 7.99. The lowest BCUT2D eigenvalue weighted by Gasteiger charge is -2.09. The monoisotopic (exact) mass is 454 g/mol. The van der Waals surface area contributed by atoms with Crippen molar-refractivity contribution >= 4 is 35.0 Å². The Morgan fingerprint density at radius 3 is 2.69 bits per heavy atom. The summed E-state index contributed by atoms with van der Waals surface area (Å²) in [6.45, 7) is 2.11. The van der Waals surface area contributed by atoms with Crippen LogP contribution in [0.25, 0.3) is 0 Å². The van der Waals surface area contributed by atoms with Crippen molar-refractivity contribution in [1.29, 1.82) is 0 Å². The number of nitrogens with one attached hydrogen (secondary N) is 2. The van der Waals surface area contributed by atoms with Crippen molar-refractivity contribution in [2.24, 2.45) is 7.05 Å². The molecule has 0 saturated heterocycles. The van der Waals surface area contributed by atoms with Gasteiger partial charge in [-0.25, -0.2) is 0 Å². The van der Waals surface area contributed by atoms with Crippen LogP contribution >= 0.6 is 11.8 Å². The Bertz CT molecular complexity index is 1150. The van der Waals surface area contributed by atoms with Gasteiger partial charge >= 0.3 is 0 Å². The number of hydrogen-bond donors (Lipinski definition) is 2. The molecule has 0 atom stereocenters. The molecule has 32 heavy (non-hydrogen) atoms. The van der Waals surface area contributed by atoms with Gasteiger partial charge in [0.1, 0.15) is 0 Å². The average molecular weight is 455 g/mol. The van der Waals surface area contributed by atoms with Gasteiger partial charge in [-0.05, 0) is 24.1 Å². The van der Waals surface area contributed by atoms with Crippen molar-refractivity contribution in [1.82, 2.24) is 20.1 Å². The largest absolute Gasteiger partial charge is 0.345 e. The predicted molar refractivity (Wildman–Crippen MR) is 120 cm³/mol. The van der Waals surface area contributed by atoms with E-state index in [-0.39, 0.29) is 29.5 Å². The Kier molecular flexibility index (Phi) is 7.55. The maximum atomic E-state index is 12.3. The molecule has 1 aromatic heterocycles. The number of aromatic nitrogens is 3. The van der Waals surface area contributed by atoms with Gasteiger partial charge in [0.2, 0.25) is 5.91 Å². The van der Waals surface area contributed by atoms with Crippen LogP contribution in [-0.4, -0.2) is 37.3 Å². The highest BCUT2D eigenvalue weighted by Crippen LogP contribution is 2.19. The van der Waals surface area contributed by atoms with Gasteiger partial charge in [-0.2, -0.15) is 0 Å². The highest BCUT2D eigenvalue weighted by Gasteiger charge is 2.15. The summed E-state index contributed by atoms with van der Waals surface area (Å²) in [7, 11) is 1.74. The van der Waals surface area contributed by atoms with Crippen LogP contribution in [0.1, 0.15) is 28.7 Å². The normalized spacial score (nSPS) is 10.6. The molecule has 11 heteroatoms. The molecule has 2 amide bonds. The zero-order chi connectivity index (χ0) is 23.1. The van der Waals surface area contributed by atoms with E-state index in [2.05, 4.69) is 20.8 Å². The van der Waals surface area contributed by atoms with Crippen molar-refractivity contribution in [3.8, 4) is 0 Å². The molecule has 2 N–H and O–H groups in total. The zero-order valence-electron chi connectivity index (χ0n) is 17.6. The lowest BCUT2D eigenvalue weighted by atomic mass is 10.1. The number of carbonyl (C=O) groups is 2. The van der Waals surface area contributed by atoms with Crippen molar-refractivity contribution in [2.75, 3.05) is 11.1 Å². The summed E-state index contributed by atoms with van der Waals surface area (Å²) in [5.41, 5.74) is 1.88. The first-order valence-electron chi connectivity index (χ1n) is 9.80. The second-order valence-corrected chi connectivity index (χ2v) is 7.74. The third-order valence-electron chi connectivity index (χ3n) is 4.66. The number of nitro groups is 1. The Balaban J connectivity index is 1.55. The Hall–Kier alpha value is -3.73. The second-order valence-electron chi connectivity index (χ2n) is 6.80. The van der Waals surface area contributed by atoms with Crippen LogP contribution < -0.4 is 10.6 Å². The van der Waals surface area contributed by atoms with E-state index in [0.29, 0.717) is 11.0 Å². The van der Waals surface area contributed by atoms with Crippen LogP contribution in [0.5, 0.6) is 0 Å². The lowest BCUT2D eigenvalue weighted by molar-refractivity contribution is -0.384. The van der Waals surface area contributed by atoms with E-state index >= 15 is 0 Å². The highest BCUT2D eigenvalue weighted by atomic mass is 32.2. The third kappa shape index (κ3) is 5.70. The first kappa shape index (κ1) is 22.9. The molecule has 0 bridgehead atoms. The van der Waals surface area contributed by atoms with Gasteiger partial charge in [-0.3, -0.25) is 19.7 Å². The van der Waals surface area contributed by atoms with Gasteiger partial charge in [0.05, 0.1) is 17.2 Å². The van der Waals surface area contributed by atoms with Gasteiger partial charge < -0.3 is 15.2 Å². The molecular formula is C21H22N6O4S. The number of non-ortho nitro benzene ring substituents is 1. The molecule has 1 heterocycles. The quantitative estimate of drug-likeness (QED) is 0.289. The summed E-state index contributed by atoms with van der Waals surface area (Å²) < 4.78 is 1.69. The fraction of sp³-hybridized carbons (Fsp3) is 0.238. The topological polar surface area (TPSA) is 132 Å². The number of thioether (sulfide) groups is 1. The molecule has 0 aliphatic rings. The van der Waals surface area contributed by atoms with Gasteiger partial charge in [-0.15, -0.1) is 10.2 Å². The van der Waals surface area contributed by atoms with Crippen LogP contribution in [-0.2, 0) is 24.8 Å². The van der Waals surface area contributed by atoms with E-state index < -0.39 is 10.8 Å². The third-order valence-corrected chi connectivity index (χ3v) is 5.68. The fourth-order valence-electron chi connectivity index (χ4n) is 2.91. The van der Waals surface area contributed by atoms with E-state index in [1.165, 1.54) is 36.0 Å². The minimum absolute atomic E-state index is 0.0850. The summed E-state index contributed by atoms with van der Waals surface area (Å²) in [5, 5.41) is 25.1. The average Bonchev–Trinajstić information content (AvgIpc) is 3.15. The van der Waals surface area contributed by atoms with Crippen molar-refractivity contribution in [3.05, 3.63) is 75.6 Å². The van der Waals surface area contributed by atoms with Crippen LogP contribution in [0.15, 0.2) is 53.7 Å². The molecule has 2 aromatic carbocycles. The minimum atomic E-state index is -0.556. The standard InChI is InChI=1S/C21H22N6O4S/c1-3-14-7-4-5-10-17(14)23-19(28)13-32-21-25-24-18(26(21)2)12-22-20(29)15-8-6-9-16(11-15)27(30)31/h4-11H,3,12-13H2,1-2H3,(H,22,29)(H,23,28). The smallest absolute Gasteiger partial charge is 0.270 e. The number of nitrogens with zero attached hydrogens (tertiary/aromatic N) is 4. The van der Waals surface area contributed by atoms with Gasteiger partial charge in [-0.1, -0.05) is 43.0 Å². The van der Waals surface area contributed by atoms with Gasteiger partial charge in [0.25, 0.3) is 11.6 Å². The summed E-state index contributed by atoms with van der Waals surface area (Å²) in [4.78, 5) is 34.9. The number of para-hydroxylation sites is 1. The minimum Gasteiger partial charge on any atom is -0.345 e. The van der Waals surface area contributed by atoms with Gasteiger partial charge in [0, 0.05) is 30.4 Å². The van der Waals surface area contributed by atoms with Crippen LogP contribution in [0.4, 0.5) is 11.4 Å². The molecule has 10 nitrogen and oxygen atoms in total. The summed E-state index contributed by atoms with van der Waals surface area (Å²) in [5.74, 6) is 0.0340. The van der Waals surface area contributed by atoms with E-state index in [1.54, 1.807) is 11.6 Å². The molecular weight excluding hydrogens is 432 g/mol. The fourth-order valence-corrected chi connectivity index (χ4v) is 3.64. The summed E-state index contributed by atoms with van der Waals surface area (Å²) >= 11 is 1.23. The maximum Gasteiger partial charge on any atom is 0.270 e. The number of aryl methyl sites for hydroxylation is 1. The first-order chi connectivity index (χ1) is 15.4. The number of benzene rings is 2. The number of carbonyl (C=O) groups excluding carboxylic acids is 2. The second kappa shape index (κ2) is 10.5. The van der Waals surface area contributed by atoms with E-state index in [4.69, 9.17) is 0 Å². The number of nitro benzene ring substituents is 1. The number of hydrogen-bond acceptors (Lipinski definition) is 7. The van der Waals surface area contributed by atoms with Crippen LogP contribution in [0, 0.1) is 10.1 Å². The zero-order valence-corrected chi connectivity index (χ0v) is 18.4. The van der Waals surface area contributed by atoms with Crippen molar-refractivity contribution in [3.63, 3.8) is 0 Å². The molecule has 166 valence electrons. The first-order valence-corrected chi connectivity index (χ1v) is 10.8. The van der Waals surface area contributed by atoms with Crippen molar-refractivity contribution in [2.45, 2.75) is 25.0 Å². The van der Waals surface area contributed by atoms with E-state index in [0.717, 1.165) is 17.7 Å². The number of amides is 2. The maximum absolute atomic E-state index is 12.3. The molecule has 0 aliphatic heterocycles. The number of rotatable bonds is 9. The predicted octanol–water partition coefficient (Wildman–Crippen LogP) is 2.95. The Labute approximate surface area is 188 Å². The lowest BCUT2D eigenvalue weighted by Crippen LogP contribution is -2.24. The molecule has 3 rings (SSSR count). The van der Waals surface area contributed by atoms with Crippen molar-refractivity contribution < 1.29 is 14.5 Å². The molecule has 0 saturated carbocycles. The van der Waals surface area contributed by atoms with E-state index in [1.807, 2.05) is 31.2 Å². The summed E-state index contributed by atoms with van der Waals surface area (Å²) in [6.07, 6.45) is 0.818. The van der Waals surface area contributed by atoms with E-state index in [9.17, 15) is 19.7 Å². The molecule has 0 fully saturated rings. The summed E-state index contributed by atoms with van der Waals surface area (Å²) in [6, 6.07) is 13.1. The molecule has 0 spiro atoms. The molecule has 0 unspecified atom stereocenters. The molecule has 0 radical (unpaired) electrons.